The van der Waals surface area contributed by atoms with Gasteiger partial charge in [0, 0.05) is 24.4 Å². The van der Waals surface area contributed by atoms with E-state index in [0.717, 1.165) is 30.5 Å². The number of benzene rings is 2. The van der Waals surface area contributed by atoms with E-state index >= 15 is 0 Å². The molecule has 122 valence electrons. The SMILES string of the molecule is CS(=O)(=O)c1cc(C(=O)NCc2cc(F)cc(F)c2)ccc1Cl. The number of carbonyl (C=O) groups excluding carboxylic acids is 1. The zero-order valence-electron chi connectivity index (χ0n) is 11.9. The molecule has 0 unspecified atom stereocenters. The molecule has 2 aromatic carbocycles. The van der Waals surface area contributed by atoms with Crippen molar-refractivity contribution in [1.29, 1.82) is 0 Å². The van der Waals surface area contributed by atoms with Gasteiger partial charge in [-0.05, 0) is 35.9 Å². The Morgan fingerprint density at radius 3 is 2.30 bits per heavy atom. The maximum Gasteiger partial charge on any atom is 0.251 e. The first-order chi connectivity index (χ1) is 10.7. The fraction of sp³-hybridized carbons (Fsp3) is 0.133. The van der Waals surface area contributed by atoms with Crippen LogP contribution in [0.1, 0.15) is 15.9 Å². The van der Waals surface area contributed by atoms with Crippen molar-refractivity contribution in [3.8, 4) is 0 Å². The molecule has 1 N–H and O–H groups in total. The molecule has 0 radical (unpaired) electrons. The molecule has 1 amide bonds. The molecule has 0 fully saturated rings. The monoisotopic (exact) mass is 359 g/mol. The average molecular weight is 360 g/mol. The number of carbonyl (C=O) groups is 1. The van der Waals surface area contributed by atoms with E-state index in [1.54, 1.807) is 0 Å². The maximum atomic E-state index is 13.1. The molecule has 4 nitrogen and oxygen atoms in total. The highest BCUT2D eigenvalue weighted by Crippen LogP contribution is 2.22. The summed E-state index contributed by atoms with van der Waals surface area (Å²) in [4.78, 5) is 11.9. The number of sulfone groups is 1. The van der Waals surface area contributed by atoms with Gasteiger partial charge < -0.3 is 5.32 Å². The van der Waals surface area contributed by atoms with Gasteiger partial charge in [-0.1, -0.05) is 11.6 Å². The second-order valence-corrected chi connectivity index (χ2v) is 7.27. The van der Waals surface area contributed by atoms with E-state index in [-0.39, 0.29) is 27.6 Å². The topological polar surface area (TPSA) is 63.2 Å². The molecule has 0 bridgehead atoms. The molecule has 0 saturated carbocycles. The number of rotatable bonds is 4. The van der Waals surface area contributed by atoms with Crippen LogP contribution in [0.25, 0.3) is 0 Å². The molecule has 2 aromatic rings. The van der Waals surface area contributed by atoms with E-state index in [1.807, 2.05) is 0 Å². The van der Waals surface area contributed by atoms with Crippen molar-refractivity contribution in [2.24, 2.45) is 0 Å². The molecule has 0 spiro atoms. The van der Waals surface area contributed by atoms with Gasteiger partial charge in [0.05, 0.1) is 9.92 Å². The van der Waals surface area contributed by atoms with E-state index in [0.29, 0.717) is 0 Å². The van der Waals surface area contributed by atoms with Crippen LogP contribution in [0.3, 0.4) is 0 Å². The highest BCUT2D eigenvalue weighted by molar-refractivity contribution is 7.90. The van der Waals surface area contributed by atoms with Gasteiger partial charge in [-0.3, -0.25) is 4.79 Å². The van der Waals surface area contributed by atoms with E-state index in [1.165, 1.54) is 12.1 Å². The maximum absolute atomic E-state index is 13.1. The molecule has 0 atom stereocenters. The highest BCUT2D eigenvalue weighted by atomic mass is 35.5. The van der Waals surface area contributed by atoms with Crippen LogP contribution in [-0.4, -0.2) is 20.6 Å². The van der Waals surface area contributed by atoms with Gasteiger partial charge in [0.1, 0.15) is 11.6 Å². The quantitative estimate of drug-likeness (QED) is 0.912. The Bertz CT molecular complexity index is 849. The summed E-state index contributed by atoms with van der Waals surface area (Å²) in [5.41, 5.74) is 0.319. The average Bonchev–Trinajstić information content (AvgIpc) is 2.43. The third-order valence-electron chi connectivity index (χ3n) is 2.97. The molecular formula is C15H12ClF2NO3S. The largest absolute Gasteiger partial charge is 0.348 e. The minimum Gasteiger partial charge on any atom is -0.348 e. The summed E-state index contributed by atoms with van der Waals surface area (Å²) in [7, 11) is -3.58. The third-order valence-corrected chi connectivity index (χ3v) is 4.55. The minimum atomic E-state index is -3.58. The van der Waals surface area contributed by atoms with E-state index in [9.17, 15) is 22.0 Å². The first-order valence-corrected chi connectivity index (χ1v) is 8.66. The van der Waals surface area contributed by atoms with E-state index in [4.69, 9.17) is 11.6 Å². The molecule has 0 saturated heterocycles. The first kappa shape index (κ1) is 17.4. The Labute approximate surface area is 137 Å². The van der Waals surface area contributed by atoms with Crippen molar-refractivity contribution in [3.05, 3.63) is 64.2 Å². The lowest BCUT2D eigenvalue weighted by molar-refractivity contribution is 0.0950. The molecule has 8 heteroatoms. The summed E-state index contributed by atoms with van der Waals surface area (Å²) in [5, 5.41) is 2.47. The molecule has 0 aliphatic carbocycles. The lowest BCUT2D eigenvalue weighted by Crippen LogP contribution is -2.23. The molecule has 0 heterocycles. The molecule has 0 aliphatic heterocycles. The molecule has 0 aliphatic rings. The van der Waals surface area contributed by atoms with Gasteiger partial charge in [-0.15, -0.1) is 0 Å². The van der Waals surface area contributed by atoms with Crippen LogP contribution >= 0.6 is 11.6 Å². The van der Waals surface area contributed by atoms with Gasteiger partial charge in [0.25, 0.3) is 5.91 Å². The predicted octanol–water partition coefficient (Wildman–Crippen LogP) is 2.95. The van der Waals surface area contributed by atoms with Crippen LogP contribution in [0.15, 0.2) is 41.3 Å². The Morgan fingerprint density at radius 1 is 1.13 bits per heavy atom. The Hall–Kier alpha value is -1.99. The second-order valence-electron chi connectivity index (χ2n) is 4.88. The van der Waals surface area contributed by atoms with Crippen LogP contribution in [0.5, 0.6) is 0 Å². The van der Waals surface area contributed by atoms with Crippen LogP contribution in [0, 0.1) is 11.6 Å². The molecular weight excluding hydrogens is 348 g/mol. The smallest absolute Gasteiger partial charge is 0.251 e. The Kier molecular flexibility index (Phi) is 5.01. The van der Waals surface area contributed by atoms with Crippen LogP contribution in [-0.2, 0) is 16.4 Å². The van der Waals surface area contributed by atoms with Crippen molar-refractivity contribution >= 4 is 27.3 Å². The predicted molar refractivity (Wildman–Crippen MR) is 82.1 cm³/mol. The zero-order chi connectivity index (χ0) is 17.2. The third kappa shape index (κ3) is 4.49. The number of hydrogen-bond donors (Lipinski definition) is 1. The fourth-order valence-corrected chi connectivity index (χ4v) is 3.23. The lowest BCUT2D eigenvalue weighted by Gasteiger charge is -2.08. The second kappa shape index (κ2) is 6.64. The van der Waals surface area contributed by atoms with E-state index < -0.39 is 27.4 Å². The van der Waals surface area contributed by atoms with Gasteiger partial charge >= 0.3 is 0 Å². The van der Waals surface area contributed by atoms with Crippen molar-refractivity contribution < 1.29 is 22.0 Å². The lowest BCUT2D eigenvalue weighted by atomic mass is 10.2. The zero-order valence-corrected chi connectivity index (χ0v) is 13.5. The summed E-state index contributed by atoms with van der Waals surface area (Å²) >= 11 is 5.80. The summed E-state index contributed by atoms with van der Waals surface area (Å²) in [6.07, 6.45) is 0.978. The van der Waals surface area contributed by atoms with E-state index in [2.05, 4.69) is 5.32 Å². The van der Waals surface area contributed by atoms with Crippen molar-refractivity contribution in [1.82, 2.24) is 5.32 Å². The number of halogens is 3. The molecule has 2 rings (SSSR count). The number of nitrogens with one attached hydrogen (secondary N) is 1. The summed E-state index contributed by atoms with van der Waals surface area (Å²) < 4.78 is 49.3. The van der Waals surface area contributed by atoms with Crippen LogP contribution in [0.2, 0.25) is 5.02 Å². The summed E-state index contributed by atoms with van der Waals surface area (Å²) in [6.45, 7) is -0.107. The summed E-state index contributed by atoms with van der Waals surface area (Å²) in [5.74, 6) is -2.09. The molecule has 23 heavy (non-hydrogen) atoms. The standard InChI is InChI=1S/C15H12ClF2NO3S/c1-23(21,22)14-6-10(2-3-13(14)16)15(20)19-8-9-4-11(17)7-12(18)5-9/h2-7H,8H2,1H3,(H,19,20). The Balaban J connectivity index is 2.18. The van der Waals surface area contributed by atoms with Crippen molar-refractivity contribution in [2.45, 2.75) is 11.4 Å². The Morgan fingerprint density at radius 2 is 1.74 bits per heavy atom. The normalized spacial score (nSPS) is 11.3. The number of amides is 1. The van der Waals surface area contributed by atoms with Crippen LogP contribution < -0.4 is 5.32 Å². The van der Waals surface area contributed by atoms with Gasteiger partial charge in [-0.25, -0.2) is 17.2 Å². The van der Waals surface area contributed by atoms with Gasteiger partial charge in [-0.2, -0.15) is 0 Å². The van der Waals surface area contributed by atoms with Crippen molar-refractivity contribution in [2.75, 3.05) is 6.26 Å². The molecule has 0 aromatic heterocycles. The highest BCUT2D eigenvalue weighted by Gasteiger charge is 2.16. The van der Waals surface area contributed by atoms with Crippen LogP contribution in [0.4, 0.5) is 8.78 Å². The first-order valence-electron chi connectivity index (χ1n) is 6.39. The van der Waals surface area contributed by atoms with Gasteiger partial charge in [0.15, 0.2) is 9.84 Å². The minimum absolute atomic E-state index is 0.0104. The van der Waals surface area contributed by atoms with Crippen molar-refractivity contribution in [3.63, 3.8) is 0 Å². The number of hydrogen-bond acceptors (Lipinski definition) is 3. The summed E-state index contributed by atoms with van der Waals surface area (Å²) in [6, 6.07) is 6.72. The van der Waals surface area contributed by atoms with Gasteiger partial charge in [0.2, 0.25) is 0 Å². The fourth-order valence-electron chi connectivity index (χ4n) is 1.93.